The molecule has 0 atom stereocenters. The van der Waals surface area contributed by atoms with Crippen molar-refractivity contribution in [3.05, 3.63) is 23.5 Å². The topological polar surface area (TPSA) is 35.5 Å². The van der Waals surface area contributed by atoms with Crippen LogP contribution in [0, 0.1) is 5.82 Å². The highest BCUT2D eigenvalue weighted by molar-refractivity contribution is 5.95. The second-order valence-corrected chi connectivity index (χ2v) is 3.01. The van der Waals surface area contributed by atoms with Crippen molar-refractivity contribution in [3.8, 4) is 11.5 Å². The van der Waals surface area contributed by atoms with E-state index in [0.29, 0.717) is 19.0 Å². The molecule has 1 aliphatic rings. The SMILES string of the molecule is CC(=O)c1ccc2c(c1F)OCCO2. The molecule has 0 unspecified atom stereocenters. The number of fused-ring (bicyclic) bond motifs is 1. The lowest BCUT2D eigenvalue weighted by atomic mass is 10.1. The number of carbonyl (C=O) groups excluding carboxylic acids is 1. The number of Topliss-reactive ketones (excluding diaryl/α,β-unsaturated/α-hetero) is 1. The van der Waals surface area contributed by atoms with Gasteiger partial charge in [-0.15, -0.1) is 0 Å². The highest BCUT2D eigenvalue weighted by Gasteiger charge is 2.20. The fourth-order valence-electron chi connectivity index (χ4n) is 1.35. The van der Waals surface area contributed by atoms with Crippen molar-refractivity contribution in [1.82, 2.24) is 0 Å². The van der Waals surface area contributed by atoms with Gasteiger partial charge in [-0.05, 0) is 19.1 Å². The zero-order valence-electron chi connectivity index (χ0n) is 7.67. The first-order valence-corrected chi connectivity index (χ1v) is 4.29. The van der Waals surface area contributed by atoms with E-state index >= 15 is 0 Å². The standard InChI is InChI=1S/C10H9FO3/c1-6(12)7-2-3-8-10(9(7)11)14-5-4-13-8/h2-3H,4-5H2,1H3. The molecule has 74 valence electrons. The van der Waals surface area contributed by atoms with E-state index in [1.807, 2.05) is 0 Å². The fourth-order valence-corrected chi connectivity index (χ4v) is 1.35. The minimum absolute atomic E-state index is 0.0363. The maximum Gasteiger partial charge on any atom is 0.197 e. The average molecular weight is 196 g/mol. The molecule has 1 aromatic rings. The van der Waals surface area contributed by atoms with E-state index in [-0.39, 0.29) is 17.1 Å². The molecule has 0 radical (unpaired) electrons. The molecule has 4 heteroatoms. The van der Waals surface area contributed by atoms with Crippen molar-refractivity contribution in [3.63, 3.8) is 0 Å². The van der Waals surface area contributed by atoms with Gasteiger partial charge in [-0.2, -0.15) is 0 Å². The lowest BCUT2D eigenvalue weighted by Gasteiger charge is -2.19. The molecule has 3 nitrogen and oxygen atoms in total. The quantitative estimate of drug-likeness (QED) is 0.642. The second-order valence-electron chi connectivity index (χ2n) is 3.01. The number of benzene rings is 1. The molecule has 0 N–H and O–H groups in total. The summed E-state index contributed by atoms with van der Waals surface area (Å²) >= 11 is 0. The molecular formula is C10H9FO3. The number of hydrogen-bond donors (Lipinski definition) is 0. The van der Waals surface area contributed by atoms with E-state index < -0.39 is 5.82 Å². The highest BCUT2D eigenvalue weighted by atomic mass is 19.1. The molecule has 0 amide bonds. The van der Waals surface area contributed by atoms with Crippen LogP contribution < -0.4 is 9.47 Å². The third-order valence-electron chi connectivity index (χ3n) is 2.03. The van der Waals surface area contributed by atoms with Gasteiger partial charge in [-0.1, -0.05) is 0 Å². The monoisotopic (exact) mass is 196 g/mol. The van der Waals surface area contributed by atoms with E-state index in [0.717, 1.165) is 0 Å². The molecule has 0 bridgehead atoms. The van der Waals surface area contributed by atoms with Gasteiger partial charge in [-0.3, -0.25) is 4.79 Å². The molecule has 0 aliphatic carbocycles. The molecule has 1 aliphatic heterocycles. The summed E-state index contributed by atoms with van der Waals surface area (Å²) in [6.07, 6.45) is 0. The first-order chi connectivity index (χ1) is 6.70. The molecule has 0 aromatic heterocycles. The number of rotatable bonds is 1. The van der Waals surface area contributed by atoms with Gasteiger partial charge in [0.1, 0.15) is 13.2 Å². The molecule has 2 rings (SSSR count). The average Bonchev–Trinajstić information content (AvgIpc) is 2.18. The van der Waals surface area contributed by atoms with Crippen LogP contribution in [0.4, 0.5) is 4.39 Å². The predicted octanol–water partition coefficient (Wildman–Crippen LogP) is 1.80. The van der Waals surface area contributed by atoms with Crippen LogP contribution in [0.15, 0.2) is 12.1 Å². The van der Waals surface area contributed by atoms with Gasteiger partial charge in [0.25, 0.3) is 0 Å². The van der Waals surface area contributed by atoms with Crippen LogP contribution in [0.2, 0.25) is 0 Å². The van der Waals surface area contributed by atoms with Crippen molar-refractivity contribution in [2.45, 2.75) is 6.92 Å². The van der Waals surface area contributed by atoms with Gasteiger partial charge in [-0.25, -0.2) is 4.39 Å². The number of halogens is 1. The van der Waals surface area contributed by atoms with Crippen LogP contribution >= 0.6 is 0 Å². The van der Waals surface area contributed by atoms with Gasteiger partial charge in [0.15, 0.2) is 23.1 Å². The van der Waals surface area contributed by atoms with Crippen molar-refractivity contribution in [2.75, 3.05) is 13.2 Å². The molecule has 0 saturated carbocycles. The summed E-state index contributed by atoms with van der Waals surface area (Å²) in [5.74, 6) is -0.545. The Balaban J connectivity index is 2.54. The largest absolute Gasteiger partial charge is 0.486 e. The van der Waals surface area contributed by atoms with E-state index in [4.69, 9.17) is 9.47 Å². The fraction of sp³-hybridized carbons (Fsp3) is 0.300. The first kappa shape index (κ1) is 8.99. The predicted molar refractivity (Wildman–Crippen MR) is 47.4 cm³/mol. The van der Waals surface area contributed by atoms with Crippen LogP contribution in [0.1, 0.15) is 17.3 Å². The van der Waals surface area contributed by atoms with Gasteiger partial charge >= 0.3 is 0 Å². The molecular weight excluding hydrogens is 187 g/mol. The Hall–Kier alpha value is -1.58. The first-order valence-electron chi connectivity index (χ1n) is 4.29. The smallest absolute Gasteiger partial charge is 0.197 e. The third kappa shape index (κ3) is 1.32. The summed E-state index contributed by atoms with van der Waals surface area (Å²) in [7, 11) is 0. The van der Waals surface area contributed by atoms with E-state index in [2.05, 4.69) is 0 Å². The summed E-state index contributed by atoms with van der Waals surface area (Å²) in [5.41, 5.74) is 0.0363. The van der Waals surface area contributed by atoms with Crippen LogP contribution in [0.3, 0.4) is 0 Å². The Morgan fingerprint density at radius 2 is 2.07 bits per heavy atom. The number of carbonyl (C=O) groups is 1. The van der Waals surface area contributed by atoms with Gasteiger partial charge < -0.3 is 9.47 Å². The molecule has 1 aromatic carbocycles. The van der Waals surface area contributed by atoms with Crippen molar-refractivity contribution in [2.24, 2.45) is 0 Å². The number of ketones is 1. The minimum Gasteiger partial charge on any atom is -0.486 e. The Bertz CT molecular complexity index is 387. The van der Waals surface area contributed by atoms with Crippen LogP contribution in [0.5, 0.6) is 11.5 Å². The summed E-state index contributed by atoms with van der Waals surface area (Å²) in [4.78, 5) is 11.0. The summed E-state index contributed by atoms with van der Waals surface area (Å²) in [5, 5.41) is 0. The molecule has 0 fully saturated rings. The normalized spacial score (nSPS) is 13.9. The molecule has 1 heterocycles. The van der Waals surface area contributed by atoms with Gasteiger partial charge in [0.05, 0.1) is 5.56 Å². The Labute approximate surface area is 80.4 Å². The zero-order valence-corrected chi connectivity index (χ0v) is 7.67. The summed E-state index contributed by atoms with van der Waals surface area (Å²) in [6, 6.07) is 2.96. The van der Waals surface area contributed by atoms with Crippen molar-refractivity contribution < 1.29 is 18.7 Å². The lowest BCUT2D eigenvalue weighted by molar-refractivity contribution is 0.101. The Morgan fingerprint density at radius 1 is 1.36 bits per heavy atom. The van der Waals surface area contributed by atoms with Gasteiger partial charge in [0, 0.05) is 0 Å². The van der Waals surface area contributed by atoms with E-state index in [9.17, 15) is 9.18 Å². The van der Waals surface area contributed by atoms with Crippen LogP contribution in [0.25, 0.3) is 0 Å². The Kier molecular flexibility index (Phi) is 2.11. The molecule has 0 saturated heterocycles. The van der Waals surface area contributed by atoms with E-state index in [1.54, 1.807) is 6.07 Å². The minimum atomic E-state index is -0.630. The van der Waals surface area contributed by atoms with Gasteiger partial charge in [0.2, 0.25) is 0 Å². The third-order valence-corrected chi connectivity index (χ3v) is 2.03. The molecule has 0 spiro atoms. The number of ether oxygens (including phenoxy) is 2. The Morgan fingerprint density at radius 3 is 2.79 bits per heavy atom. The van der Waals surface area contributed by atoms with Crippen LogP contribution in [-0.4, -0.2) is 19.0 Å². The highest BCUT2D eigenvalue weighted by Crippen LogP contribution is 2.34. The maximum absolute atomic E-state index is 13.6. The van der Waals surface area contributed by atoms with Crippen LogP contribution in [-0.2, 0) is 0 Å². The van der Waals surface area contributed by atoms with Crippen molar-refractivity contribution >= 4 is 5.78 Å². The van der Waals surface area contributed by atoms with E-state index in [1.165, 1.54) is 13.0 Å². The lowest BCUT2D eigenvalue weighted by Crippen LogP contribution is -2.17. The maximum atomic E-state index is 13.6. The second kappa shape index (κ2) is 3.29. The zero-order chi connectivity index (χ0) is 10.1. The summed E-state index contributed by atoms with van der Waals surface area (Å²) in [6.45, 7) is 2.03. The number of hydrogen-bond acceptors (Lipinski definition) is 3. The summed E-state index contributed by atoms with van der Waals surface area (Å²) < 4.78 is 23.8. The van der Waals surface area contributed by atoms with Crippen molar-refractivity contribution in [1.29, 1.82) is 0 Å². The molecule has 14 heavy (non-hydrogen) atoms.